The molecule has 0 amide bonds. The van der Waals surface area contributed by atoms with E-state index in [1.807, 2.05) is 6.07 Å². The fourth-order valence-corrected chi connectivity index (χ4v) is 2.50. The van der Waals surface area contributed by atoms with Gasteiger partial charge in [0, 0.05) is 6.54 Å². The highest BCUT2D eigenvalue weighted by Crippen LogP contribution is 2.28. The summed E-state index contributed by atoms with van der Waals surface area (Å²) in [4.78, 5) is 0. The van der Waals surface area contributed by atoms with E-state index in [4.69, 9.17) is 4.74 Å². The average Bonchev–Trinajstić information content (AvgIpc) is 2.37. The Morgan fingerprint density at radius 2 is 1.90 bits per heavy atom. The van der Waals surface area contributed by atoms with E-state index in [1.54, 1.807) is 14.0 Å². The summed E-state index contributed by atoms with van der Waals surface area (Å²) in [6, 6.07) is 6.10. The van der Waals surface area contributed by atoms with Crippen LogP contribution in [0.25, 0.3) is 0 Å². The summed E-state index contributed by atoms with van der Waals surface area (Å²) in [5, 5.41) is 0. The summed E-state index contributed by atoms with van der Waals surface area (Å²) in [5.41, 5.74) is 2.30. The quantitative estimate of drug-likeness (QED) is 0.878. The largest absolute Gasteiger partial charge is 0.496 e. The first-order valence-corrected chi connectivity index (χ1v) is 8.49. The minimum atomic E-state index is -3.14. The molecule has 0 heterocycles. The van der Waals surface area contributed by atoms with Crippen LogP contribution in [0.1, 0.15) is 38.8 Å². The minimum absolute atomic E-state index is 0.0595. The maximum atomic E-state index is 11.4. The van der Waals surface area contributed by atoms with Gasteiger partial charge in [0.2, 0.25) is 10.0 Å². The third-order valence-corrected chi connectivity index (χ3v) is 4.65. The zero-order chi connectivity index (χ0) is 15.4. The molecule has 1 aromatic carbocycles. The van der Waals surface area contributed by atoms with Gasteiger partial charge in [-0.15, -0.1) is 0 Å². The molecule has 0 saturated carbocycles. The zero-order valence-electron chi connectivity index (χ0n) is 13.0. The van der Waals surface area contributed by atoms with Crippen LogP contribution in [0.4, 0.5) is 0 Å². The lowest BCUT2D eigenvalue weighted by Gasteiger charge is -2.21. The van der Waals surface area contributed by atoms with Gasteiger partial charge in [0.05, 0.1) is 12.9 Å². The second kappa shape index (κ2) is 6.59. The standard InChI is InChI=1S/C15H25NO3S/c1-6-20(17,18)16-10-9-12-11-13(15(2,3)4)7-8-14(12)19-5/h7-8,11,16H,6,9-10H2,1-5H3. The predicted octanol–water partition coefficient (Wildman–Crippen LogP) is 2.47. The van der Waals surface area contributed by atoms with Crippen LogP contribution in [0.2, 0.25) is 0 Å². The molecule has 0 unspecified atom stereocenters. The molecule has 1 rings (SSSR count). The van der Waals surface area contributed by atoms with E-state index < -0.39 is 10.0 Å². The molecule has 0 radical (unpaired) electrons. The van der Waals surface area contributed by atoms with E-state index in [0.717, 1.165) is 11.3 Å². The number of hydrogen-bond donors (Lipinski definition) is 1. The van der Waals surface area contributed by atoms with Crippen LogP contribution < -0.4 is 9.46 Å². The Balaban J connectivity index is 2.87. The van der Waals surface area contributed by atoms with Gasteiger partial charge in [-0.3, -0.25) is 0 Å². The molecule has 0 aliphatic heterocycles. The Kier molecular flexibility index (Phi) is 5.59. The van der Waals surface area contributed by atoms with Gasteiger partial charge < -0.3 is 4.74 Å². The van der Waals surface area contributed by atoms with Gasteiger partial charge in [-0.05, 0) is 36.0 Å². The number of benzene rings is 1. The number of methoxy groups -OCH3 is 1. The van der Waals surface area contributed by atoms with E-state index in [2.05, 4.69) is 37.6 Å². The number of sulfonamides is 1. The molecule has 1 N–H and O–H groups in total. The van der Waals surface area contributed by atoms with E-state index >= 15 is 0 Å². The van der Waals surface area contributed by atoms with Crippen LogP contribution in [0.5, 0.6) is 5.75 Å². The Labute approximate surface area is 122 Å². The summed E-state index contributed by atoms with van der Waals surface area (Å²) in [6.07, 6.45) is 0.617. The molecule has 0 bridgehead atoms. The van der Waals surface area contributed by atoms with Gasteiger partial charge in [0.25, 0.3) is 0 Å². The molecular weight excluding hydrogens is 274 g/mol. The van der Waals surface area contributed by atoms with Crippen molar-refractivity contribution in [1.29, 1.82) is 0 Å². The molecule has 0 spiro atoms. The van der Waals surface area contributed by atoms with Crippen LogP contribution in [0.3, 0.4) is 0 Å². The van der Waals surface area contributed by atoms with E-state index in [0.29, 0.717) is 13.0 Å². The van der Waals surface area contributed by atoms with Crippen molar-refractivity contribution in [2.45, 2.75) is 39.5 Å². The van der Waals surface area contributed by atoms with Gasteiger partial charge in [-0.25, -0.2) is 13.1 Å². The molecule has 4 nitrogen and oxygen atoms in total. The Morgan fingerprint density at radius 3 is 2.40 bits per heavy atom. The Hall–Kier alpha value is -1.07. The first-order chi connectivity index (χ1) is 9.19. The van der Waals surface area contributed by atoms with E-state index in [9.17, 15) is 8.42 Å². The van der Waals surface area contributed by atoms with Crippen molar-refractivity contribution in [3.05, 3.63) is 29.3 Å². The highest BCUT2D eigenvalue weighted by atomic mass is 32.2. The summed E-state index contributed by atoms with van der Waals surface area (Å²) in [5.74, 6) is 0.903. The summed E-state index contributed by atoms with van der Waals surface area (Å²) >= 11 is 0. The van der Waals surface area contributed by atoms with Crippen molar-refractivity contribution in [3.8, 4) is 5.75 Å². The van der Waals surface area contributed by atoms with Crippen LogP contribution in [0, 0.1) is 0 Å². The van der Waals surface area contributed by atoms with Gasteiger partial charge in [-0.1, -0.05) is 32.9 Å². The van der Waals surface area contributed by atoms with Crippen LogP contribution in [-0.2, 0) is 21.9 Å². The maximum Gasteiger partial charge on any atom is 0.211 e. The first-order valence-electron chi connectivity index (χ1n) is 6.84. The number of nitrogens with one attached hydrogen (secondary N) is 1. The SMILES string of the molecule is CCS(=O)(=O)NCCc1cc(C(C)(C)C)ccc1OC. The van der Waals surface area contributed by atoms with Crippen molar-refractivity contribution in [2.24, 2.45) is 0 Å². The van der Waals surface area contributed by atoms with Gasteiger partial charge in [0.1, 0.15) is 5.75 Å². The smallest absolute Gasteiger partial charge is 0.211 e. The topological polar surface area (TPSA) is 55.4 Å². The Morgan fingerprint density at radius 1 is 1.25 bits per heavy atom. The van der Waals surface area contributed by atoms with E-state index in [-0.39, 0.29) is 11.2 Å². The number of hydrogen-bond acceptors (Lipinski definition) is 3. The molecule has 0 aromatic heterocycles. The molecule has 0 fully saturated rings. The molecule has 0 saturated heterocycles. The number of ether oxygens (including phenoxy) is 1. The van der Waals surface area contributed by atoms with Gasteiger partial charge in [0.15, 0.2) is 0 Å². The van der Waals surface area contributed by atoms with Gasteiger partial charge >= 0.3 is 0 Å². The van der Waals surface area contributed by atoms with Crippen molar-refractivity contribution in [1.82, 2.24) is 4.72 Å². The molecule has 20 heavy (non-hydrogen) atoms. The Bertz CT molecular complexity index is 545. The molecule has 5 heteroatoms. The molecule has 0 atom stereocenters. The third-order valence-electron chi connectivity index (χ3n) is 3.24. The second-order valence-electron chi connectivity index (χ2n) is 5.82. The predicted molar refractivity (Wildman–Crippen MR) is 82.9 cm³/mol. The minimum Gasteiger partial charge on any atom is -0.496 e. The van der Waals surface area contributed by atoms with Crippen molar-refractivity contribution in [3.63, 3.8) is 0 Å². The fourth-order valence-electron chi connectivity index (χ4n) is 1.88. The first kappa shape index (κ1) is 17.0. The monoisotopic (exact) mass is 299 g/mol. The van der Waals surface area contributed by atoms with Crippen LogP contribution >= 0.6 is 0 Å². The lowest BCUT2D eigenvalue weighted by atomic mass is 9.85. The molecule has 114 valence electrons. The lowest BCUT2D eigenvalue weighted by molar-refractivity contribution is 0.408. The van der Waals surface area contributed by atoms with Crippen LogP contribution in [-0.4, -0.2) is 27.8 Å². The maximum absolute atomic E-state index is 11.4. The van der Waals surface area contributed by atoms with Crippen LogP contribution in [0.15, 0.2) is 18.2 Å². The summed E-state index contributed by atoms with van der Waals surface area (Å²) in [6.45, 7) is 8.47. The van der Waals surface area contributed by atoms with Crippen molar-refractivity contribution >= 4 is 10.0 Å². The molecular formula is C15H25NO3S. The zero-order valence-corrected chi connectivity index (χ0v) is 13.8. The molecule has 1 aromatic rings. The third kappa shape index (κ3) is 4.80. The summed E-state index contributed by atoms with van der Waals surface area (Å²) < 4.78 is 30.8. The normalized spacial score (nSPS) is 12.4. The molecule has 0 aliphatic carbocycles. The lowest BCUT2D eigenvalue weighted by Crippen LogP contribution is -2.27. The highest BCUT2D eigenvalue weighted by molar-refractivity contribution is 7.89. The number of rotatable bonds is 6. The second-order valence-corrected chi connectivity index (χ2v) is 7.92. The van der Waals surface area contributed by atoms with Crippen molar-refractivity contribution in [2.75, 3.05) is 19.4 Å². The average molecular weight is 299 g/mol. The highest BCUT2D eigenvalue weighted by Gasteiger charge is 2.16. The van der Waals surface area contributed by atoms with E-state index in [1.165, 1.54) is 5.56 Å². The summed E-state index contributed by atoms with van der Waals surface area (Å²) in [7, 11) is -1.51. The van der Waals surface area contributed by atoms with Gasteiger partial charge in [-0.2, -0.15) is 0 Å². The molecule has 0 aliphatic rings. The van der Waals surface area contributed by atoms with Crippen molar-refractivity contribution < 1.29 is 13.2 Å². The fraction of sp³-hybridized carbons (Fsp3) is 0.600.